The molecule has 3 rings (SSSR count). The summed E-state index contributed by atoms with van der Waals surface area (Å²) in [4.78, 5) is 2.49. The van der Waals surface area contributed by atoms with Crippen molar-refractivity contribution in [2.45, 2.75) is 25.4 Å². The van der Waals surface area contributed by atoms with E-state index in [1.807, 2.05) is 30.3 Å². The van der Waals surface area contributed by atoms with Gasteiger partial charge in [-0.3, -0.25) is 4.90 Å². The maximum absolute atomic E-state index is 8.82. The van der Waals surface area contributed by atoms with Crippen LogP contribution in [-0.2, 0) is 6.54 Å². The number of hydrogen-bond donors (Lipinski definition) is 1. The SMILES string of the molecule is N#Cc1ccc(CNCC(c2ccco2)N2CCCC2)cc1. The Kier molecular flexibility index (Phi) is 4.89. The molecule has 1 atom stereocenters. The maximum Gasteiger partial charge on any atom is 0.122 e. The first-order chi connectivity index (χ1) is 10.9. The highest BCUT2D eigenvalue weighted by molar-refractivity contribution is 5.31. The van der Waals surface area contributed by atoms with E-state index in [0.717, 1.165) is 31.9 Å². The van der Waals surface area contributed by atoms with Gasteiger partial charge in [-0.15, -0.1) is 0 Å². The van der Waals surface area contributed by atoms with Crippen LogP contribution in [0.1, 0.15) is 35.8 Å². The second-order valence-electron chi connectivity index (χ2n) is 5.71. The van der Waals surface area contributed by atoms with Crippen molar-refractivity contribution in [3.63, 3.8) is 0 Å². The van der Waals surface area contributed by atoms with E-state index < -0.39 is 0 Å². The molecular weight excluding hydrogens is 274 g/mol. The van der Waals surface area contributed by atoms with Crippen LogP contribution in [0.3, 0.4) is 0 Å². The smallest absolute Gasteiger partial charge is 0.122 e. The Bertz CT molecular complexity index is 607. The van der Waals surface area contributed by atoms with E-state index in [2.05, 4.69) is 22.4 Å². The molecule has 0 saturated carbocycles. The van der Waals surface area contributed by atoms with E-state index in [4.69, 9.17) is 9.68 Å². The third-order valence-corrected chi connectivity index (χ3v) is 4.20. The molecule has 0 bridgehead atoms. The number of likely N-dealkylation sites (tertiary alicyclic amines) is 1. The van der Waals surface area contributed by atoms with E-state index in [9.17, 15) is 0 Å². The normalized spacial score (nSPS) is 16.5. The molecule has 2 aromatic rings. The third kappa shape index (κ3) is 3.56. The second kappa shape index (κ2) is 7.26. The molecule has 1 fully saturated rings. The van der Waals surface area contributed by atoms with E-state index in [0.29, 0.717) is 11.6 Å². The summed E-state index contributed by atoms with van der Waals surface area (Å²) in [6, 6.07) is 14.2. The topological polar surface area (TPSA) is 52.2 Å². The van der Waals surface area contributed by atoms with Crippen LogP contribution in [0.2, 0.25) is 0 Å². The van der Waals surface area contributed by atoms with Gasteiger partial charge < -0.3 is 9.73 Å². The molecule has 0 amide bonds. The molecule has 1 aliphatic rings. The predicted octanol–water partition coefficient (Wildman–Crippen LogP) is 3.08. The van der Waals surface area contributed by atoms with Gasteiger partial charge in [-0.05, 0) is 55.8 Å². The van der Waals surface area contributed by atoms with Gasteiger partial charge in [0.2, 0.25) is 0 Å². The van der Waals surface area contributed by atoms with Gasteiger partial charge in [-0.2, -0.15) is 5.26 Å². The Balaban J connectivity index is 1.58. The summed E-state index contributed by atoms with van der Waals surface area (Å²) in [5.74, 6) is 1.04. The van der Waals surface area contributed by atoms with Gasteiger partial charge in [-0.25, -0.2) is 0 Å². The second-order valence-corrected chi connectivity index (χ2v) is 5.71. The van der Waals surface area contributed by atoms with Gasteiger partial charge in [0, 0.05) is 13.1 Å². The quantitative estimate of drug-likeness (QED) is 0.890. The van der Waals surface area contributed by atoms with Crippen molar-refractivity contribution in [2.75, 3.05) is 19.6 Å². The predicted molar refractivity (Wildman–Crippen MR) is 85.1 cm³/mol. The highest BCUT2D eigenvalue weighted by Gasteiger charge is 2.24. The first kappa shape index (κ1) is 14.8. The Morgan fingerprint density at radius 1 is 1.18 bits per heavy atom. The standard InChI is InChI=1S/C18H21N3O/c19-12-15-5-7-16(8-6-15)13-20-14-17(18-4-3-11-22-18)21-9-1-2-10-21/h3-8,11,17,20H,1-2,9-10,13-14H2. The van der Waals surface area contributed by atoms with Gasteiger partial charge in [-0.1, -0.05) is 12.1 Å². The monoisotopic (exact) mass is 295 g/mol. The van der Waals surface area contributed by atoms with Crippen molar-refractivity contribution >= 4 is 0 Å². The Hall–Kier alpha value is -2.09. The average molecular weight is 295 g/mol. The lowest BCUT2D eigenvalue weighted by atomic mass is 10.1. The highest BCUT2D eigenvalue weighted by Crippen LogP contribution is 2.24. The first-order valence-corrected chi connectivity index (χ1v) is 7.84. The van der Waals surface area contributed by atoms with Crippen molar-refractivity contribution in [1.82, 2.24) is 10.2 Å². The van der Waals surface area contributed by atoms with Gasteiger partial charge in [0.15, 0.2) is 0 Å². The summed E-state index contributed by atoms with van der Waals surface area (Å²) in [7, 11) is 0. The molecule has 1 unspecified atom stereocenters. The summed E-state index contributed by atoms with van der Waals surface area (Å²) in [6.07, 6.45) is 4.29. The minimum absolute atomic E-state index is 0.302. The van der Waals surface area contributed by atoms with Crippen LogP contribution in [0.15, 0.2) is 47.1 Å². The summed E-state index contributed by atoms with van der Waals surface area (Å²) in [6.45, 7) is 3.96. The fourth-order valence-electron chi connectivity index (χ4n) is 2.99. The first-order valence-electron chi connectivity index (χ1n) is 7.84. The lowest BCUT2D eigenvalue weighted by Gasteiger charge is -2.26. The van der Waals surface area contributed by atoms with E-state index in [-0.39, 0.29) is 0 Å². The van der Waals surface area contributed by atoms with Crippen LogP contribution in [0.4, 0.5) is 0 Å². The molecule has 1 aromatic heterocycles. The van der Waals surface area contributed by atoms with Gasteiger partial charge in [0.1, 0.15) is 5.76 Å². The molecule has 1 saturated heterocycles. The van der Waals surface area contributed by atoms with Gasteiger partial charge in [0.25, 0.3) is 0 Å². The molecule has 22 heavy (non-hydrogen) atoms. The summed E-state index contributed by atoms with van der Waals surface area (Å²) in [5.41, 5.74) is 1.90. The number of nitrogens with one attached hydrogen (secondary N) is 1. The molecule has 2 heterocycles. The number of benzene rings is 1. The van der Waals surface area contributed by atoms with Crippen LogP contribution < -0.4 is 5.32 Å². The largest absolute Gasteiger partial charge is 0.468 e. The summed E-state index contributed by atoms with van der Waals surface area (Å²) in [5, 5.41) is 12.3. The summed E-state index contributed by atoms with van der Waals surface area (Å²) < 4.78 is 5.62. The van der Waals surface area contributed by atoms with Crippen molar-refractivity contribution in [3.05, 3.63) is 59.5 Å². The number of nitrogens with zero attached hydrogens (tertiary/aromatic N) is 2. The van der Waals surface area contributed by atoms with E-state index >= 15 is 0 Å². The fourth-order valence-corrected chi connectivity index (χ4v) is 2.99. The van der Waals surface area contributed by atoms with Crippen LogP contribution in [-0.4, -0.2) is 24.5 Å². The van der Waals surface area contributed by atoms with Crippen molar-refractivity contribution in [1.29, 1.82) is 5.26 Å². The van der Waals surface area contributed by atoms with Crippen LogP contribution >= 0.6 is 0 Å². The highest BCUT2D eigenvalue weighted by atomic mass is 16.3. The summed E-state index contributed by atoms with van der Waals surface area (Å²) >= 11 is 0. The minimum Gasteiger partial charge on any atom is -0.468 e. The zero-order valence-electron chi connectivity index (χ0n) is 12.7. The third-order valence-electron chi connectivity index (χ3n) is 4.20. The van der Waals surface area contributed by atoms with Crippen LogP contribution in [0, 0.1) is 11.3 Å². The van der Waals surface area contributed by atoms with Crippen LogP contribution in [0.25, 0.3) is 0 Å². The molecule has 4 heteroatoms. The molecule has 114 valence electrons. The molecular formula is C18H21N3O. The van der Waals surface area contributed by atoms with E-state index in [1.54, 1.807) is 6.26 Å². The molecule has 4 nitrogen and oxygen atoms in total. The fraction of sp³-hybridized carbons (Fsp3) is 0.389. The Labute approximate surface area is 131 Å². The number of hydrogen-bond acceptors (Lipinski definition) is 4. The average Bonchev–Trinajstić information content (AvgIpc) is 3.26. The van der Waals surface area contributed by atoms with Crippen molar-refractivity contribution < 1.29 is 4.42 Å². The van der Waals surface area contributed by atoms with Gasteiger partial charge >= 0.3 is 0 Å². The number of rotatable bonds is 6. The Morgan fingerprint density at radius 3 is 2.59 bits per heavy atom. The van der Waals surface area contributed by atoms with Gasteiger partial charge in [0.05, 0.1) is 23.9 Å². The van der Waals surface area contributed by atoms with E-state index in [1.165, 1.54) is 18.4 Å². The van der Waals surface area contributed by atoms with Crippen LogP contribution in [0.5, 0.6) is 0 Å². The molecule has 0 spiro atoms. The van der Waals surface area contributed by atoms with Crippen molar-refractivity contribution in [3.8, 4) is 6.07 Å². The molecule has 1 N–H and O–H groups in total. The minimum atomic E-state index is 0.302. The maximum atomic E-state index is 8.82. The molecule has 0 radical (unpaired) electrons. The molecule has 1 aliphatic heterocycles. The lowest BCUT2D eigenvalue weighted by Crippen LogP contribution is -2.33. The lowest BCUT2D eigenvalue weighted by molar-refractivity contribution is 0.209. The number of nitriles is 1. The molecule has 1 aromatic carbocycles. The molecule has 0 aliphatic carbocycles. The number of furan rings is 1. The zero-order valence-corrected chi connectivity index (χ0v) is 12.7. The Morgan fingerprint density at radius 2 is 1.95 bits per heavy atom. The van der Waals surface area contributed by atoms with Crippen molar-refractivity contribution in [2.24, 2.45) is 0 Å². The zero-order chi connectivity index (χ0) is 15.2.